The molecule has 2 unspecified atom stereocenters. The number of carbonyl (C=O) groups excluding carboxylic acids is 1. The average molecular weight is 262 g/mol. The van der Waals surface area contributed by atoms with Crippen LogP contribution in [0.5, 0.6) is 0 Å². The molecule has 1 N–H and O–H groups in total. The number of hydrogen-bond acceptors (Lipinski definition) is 4. The second-order valence-corrected chi connectivity index (χ2v) is 5.05. The van der Waals surface area contributed by atoms with E-state index in [0.717, 1.165) is 25.3 Å². The maximum atomic E-state index is 11.2. The number of carbonyl (C=O) groups is 1. The number of anilines is 1. The van der Waals surface area contributed by atoms with Crippen LogP contribution in [0.1, 0.15) is 49.9 Å². The number of rotatable bonds is 5. The standard InChI is InChI=1S/C15H22N2O2/c1-3-13(14-6-4-5-9-19-14)17-15-8-7-12(10-16-15)11(2)18/h7-8,10,13-14H,3-6,9H2,1-2H3,(H,16,17). The van der Waals surface area contributed by atoms with Gasteiger partial charge < -0.3 is 10.1 Å². The van der Waals surface area contributed by atoms with Gasteiger partial charge in [0.2, 0.25) is 0 Å². The van der Waals surface area contributed by atoms with Crippen LogP contribution >= 0.6 is 0 Å². The Labute approximate surface area is 114 Å². The molecule has 4 nitrogen and oxygen atoms in total. The molecule has 1 aliphatic rings. The number of nitrogens with zero attached hydrogens (tertiary/aromatic N) is 1. The van der Waals surface area contributed by atoms with E-state index in [9.17, 15) is 4.79 Å². The first kappa shape index (κ1) is 14.0. The summed E-state index contributed by atoms with van der Waals surface area (Å²) in [7, 11) is 0. The summed E-state index contributed by atoms with van der Waals surface area (Å²) in [4.78, 5) is 15.5. The van der Waals surface area contributed by atoms with Gasteiger partial charge in [0.15, 0.2) is 5.78 Å². The molecular weight excluding hydrogens is 240 g/mol. The Morgan fingerprint density at radius 1 is 1.53 bits per heavy atom. The Morgan fingerprint density at radius 3 is 2.89 bits per heavy atom. The smallest absolute Gasteiger partial charge is 0.161 e. The zero-order valence-corrected chi connectivity index (χ0v) is 11.7. The molecule has 0 aliphatic carbocycles. The summed E-state index contributed by atoms with van der Waals surface area (Å²) < 4.78 is 5.82. The Morgan fingerprint density at radius 2 is 2.37 bits per heavy atom. The highest BCUT2D eigenvalue weighted by Gasteiger charge is 2.23. The van der Waals surface area contributed by atoms with Crippen LogP contribution in [0.2, 0.25) is 0 Å². The highest BCUT2D eigenvalue weighted by atomic mass is 16.5. The maximum absolute atomic E-state index is 11.2. The third kappa shape index (κ3) is 3.77. The molecule has 1 saturated heterocycles. The normalized spacial score (nSPS) is 20.8. The van der Waals surface area contributed by atoms with Crippen molar-refractivity contribution < 1.29 is 9.53 Å². The molecule has 2 heterocycles. The molecule has 104 valence electrons. The Balaban J connectivity index is 1.99. The third-order valence-electron chi connectivity index (χ3n) is 3.61. The number of hydrogen-bond donors (Lipinski definition) is 1. The molecule has 1 aromatic heterocycles. The molecule has 1 fully saturated rings. The largest absolute Gasteiger partial charge is 0.376 e. The molecule has 0 bridgehead atoms. The van der Waals surface area contributed by atoms with E-state index in [-0.39, 0.29) is 17.9 Å². The number of ketones is 1. The topological polar surface area (TPSA) is 51.2 Å². The van der Waals surface area contributed by atoms with Gasteiger partial charge in [-0.15, -0.1) is 0 Å². The van der Waals surface area contributed by atoms with E-state index < -0.39 is 0 Å². The number of aromatic nitrogens is 1. The molecule has 19 heavy (non-hydrogen) atoms. The lowest BCUT2D eigenvalue weighted by Gasteiger charge is -2.30. The van der Waals surface area contributed by atoms with Crippen LogP contribution in [0.4, 0.5) is 5.82 Å². The fourth-order valence-electron chi connectivity index (χ4n) is 2.42. The Kier molecular flexibility index (Phi) is 4.91. The van der Waals surface area contributed by atoms with Crippen molar-refractivity contribution in [3.63, 3.8) is 0 Å². The summed E-state index contributed by atoms with van der Waals surface area (Å²) in [5.41, 5.74) is 0.646. The quantitative estimate of drug-likeness (QED) is 0.829. The van der Waals surface area contributed by atoms with E-state index in [0.29, 0.717) is 5.56 Å². The van der Waals surface area contributed by atoms with Crippen molar-refractivity contribution in [1.29, 1.82) is 0 Å². The molecule has 0 aromatic carbocycles. The predicted octanol–water partition coefficient (Wildman–Crippen LogP) is 3.04. The zero-order chi connectivity index (χ0) is 13.7. The van der Waals surface area contributed by atoms with Crippen molar-refractivity contribution >= 4 is 11.6 Å². The molecular formula is C15H22N2O2. The molecule has 0 amide bonds. The monoisotopic (exact) mass is 262 g/mol. The molecule has 4 heteroatoms. The number of ether oxygens (including phenoxy) is 1. The molecule has 2 rings (SSSR count). The summed E-state index contributed by atoms with van der Waals surface area (Å²) in [6, 6.07) is 3.96. The fraction of sp³-hybridized carbons (Fsp3) is 0.600. The first-order chi connectivity index (χ1) is 9.20. The lowest BCUT2D eigenvalue weighted by Crippen LogP contribution is -2.37. The van der Waals surface area contributed by atoms with E-state index in [1.807, 2.05) is 12.1 Å². The van der Waals surface area contributed by atoms with Gasteiger partial charge in [-0.05, 0) is 44.7 Å². The minimum absolute atomic E-state index is 0.0432. The minimum Gasteiger partial charge on any atom is -0.376 e. The van der Waals surface area contributed by atoms with Crippen LogP contribution in [0.25, 0.3) is 0 Å². The van der Waals surface area contributed by atoms with Gasteiger partial charge in [-0.3, -0.25) is 4.79 Å². The van der Waals surface area contributed by atoms with Crippen molar-refractivity contribution in [3.05, 3.63) is 23.9 Å². The summed E-state index contributed by atoms with van der Waals surface area (Å²) in [5.74, 6) is 0.854. The van der Waals surface area contributed by atoms with Crippen LogP contribution in [0, 0.1) is 0 Å². The zero-order valence-electron chi connectivity index (χ0n) is 11.7. The summed E-state index contributed by atoms with van der Waals surface area (Å²) in [6.45, 7) is 4.56. The van der Waals surface area contributed by atoms with Crippen molar-refractivity contribution in [2.45, 2.75) is 51.7 Å². The van der Waals surface area contributed by atoms with Crippen molar-refractivity contribution in [3.8, 4) is 0 Å². The van der Waals surface area contributed by atoms with Crippen LogP contribution < -0.4 is 5.32 Å². The summed E-state index contributed by atoms with van der Waals surface area (Å²) >= 11 is 0. The molecule has 1 aliphatic heterocycles. The molecule has 2 atom stereocenters. The number of nitrogens with one attached hydrogen (secondary N) is 1. The van der Waals surface area contributed by atoms with E-state index in [1.165, 1.54) is 12.8 Å². The van der Waals surface area contributed by atoms with Gasteiger partial charge in [-0.1, -0.05) is 6.92 Å². The lowest BCUT2D eigenvalue weighted by atomic mass is 10.00. The van der Waals surface area contributed by atoms with Gasteiger partial charge in [0.1, 0.15) is 5.82 Å². The van der Waals surface area contributed by atoms with Crippen molar-refractivity contribution in [2.24, 2.45) is 0 Å². The maximum Gasteiger partial charge on any atom is 0.161 e. The van der Waals surface area contributed by atoms with E-state index in [1.54, 1.807) is 13.1 Å². The molecule has 0 radical (unpaired) electrons. The van der Waals surface area contributed by atoms with Crippen LogP contribution in [0.15, 0.2) is 18.3 Å². The molecule has 0 saturated carbocycles. The van der Waals surface area contributed by atoms with Crippen LogP contribution in [-0.2, 0) is 4.74 Å². The number of pyridine rings is 1. The van der Waals surface area contributed by atoms with Crippen LogP contribution in [-0.4, -0.2) is 29.5 Å². The highest BCUT2D eigenvalue weighted by molar-refractivity contribution is 5.93. The molecule has 0 spiro atoms. The van der Waals surface area contributed by atoms with Gasteiger partial charge in [0.05, 0.1) is 12.1 Å². The second kappa shape index (κ2) is 6.66. The Hall–Kier alpha value is -1.42. The van der Waals surface area contributed by atoms with Gasteiger partial charge in [0, 0.05) is 18.4 Å². The van der Waals surface area contributed by atoms with Crippen molar-refractivity contribution in [1.82, 2.24) is 4.98 Å². The first-order valence-corrected chi connectivity index (χ1v) is 7.06. The highest BCUT2D eigenvalue weighted by Crippen LogP contribution is 2.20. The van der Waals surface area contributed by atoms with Gasteiger partial charge in [0.25, 0.3) is 0 Å². The van der Waals surface area contributed by atoms with E-state index >= 15 is 0 Å². The van der Waals surface area contributed by atoms with Gasteiger partial charge in [-0.25, -0.2) is 4.98 Å². The number of Topliss-reactive ketones (excluding diaryl/α,β-unsaturated/α-hetero) is 1. The second-order valence-electron chi connectivity index (χ2n) is 5.05. The van der Waals surface area contributed by atoms with Gasteiger partial charge in [-0.2, -0.15) is 0 Å². The van der Waals surface area contributed by atoms with E-state index in [2.05, 4.69) is 17.2 Å². The minimum atomic E-state index is 0.0432. The van der Waals surface area contributed by atoms with Crippen LogP contribution in [0.3, 0.4) is 0 Å². The predicted molar refractivity (Wildman–Crippen MR) is 75.5 cm³/mol. The summed E-state index contributed by atoms with van der Waals surface area (Å²) in [5, 5.41) is 3.42. The van der Waals surface area contributed by atoms with Gasteiger partial charge >= 0.3 is 0 Å². The van der Waals surface area contributed by atoms with Crippen molar-refractivity contribution in [2.75, 3.05) is 11.9 Å². The first-order valence-electron chi connectivity index (χ1n) is 7.06. The lowest BCUT2D eigenvalue weighted by molar-refractivity contribution is 0.00395. The fourth-order valence-corrected chi connectivity index (χ4v) is 2.42. The van der Waals surface area contributed by atoms with E-state index in [4.69, 9.17) is 4.74 Å². The Bertz CT molecular complexity index is 411. The third-order valence-corrected chi connectivity index (χ3v) is 3.61. The SMILES string of the molecule is CCC(Nc1ccc(C(C)=O)cn1)C1CCCCO1. The summed E-state index contributed by atoms with van der Waals surface area (Å²) in [6.07, 6.45) is 6.41. The average Bonchev–Trinajstić information content (AvgIpc) is 2.46. The molecule has 1 aromatic rings.